The molecule has 1 rings (SSSR count). The summed E-state index contributed by atoms with van der Waals surface area (Å²) in [6.45, 7) is 11.3. The van der Waals surface area contributed by atoms with Crippen LogP contribution in [-0.4, -0.2) is 12.8 Å². The SMILES string of the molecule is CC[C@H](C)C(=NC)C(C)(C)Cc1ccccc1C. The highest BCUT2D eigenvalue weighted by Crippen LogP contribution is 2.29. The molecule has 0 aliphatic heterocycles. The normalized spacial score (nSPS) is 14.7. The van der Waals surface area contributed by atoms with E-state index in [-0.39, 0.29) is 5.41 Å². The second-order valence-electron chi connectivity index (χ2n) is 5.91. The Balaban J connectivity index is 2.97. The van der Waals surface area contributed by atoms with Crippen molar-refractivity contribution in [2.45, 2.75) is 47.5 Å². The highest BCUT2D eigenvalue weighted by molar-refractivity contribution is 5.91. The molecule has 1 aromatic rings. The van der Waals surface area contributed by atoms with Gasteiger partial charge in [-0.05, 0) is 36.8 Å². The lowest BCUT2D eigenvalue weighted by atomic mass is 9.75. The van der Waals surface area contributed by atoms with Crippen LogP contribution in [0.15, 0.2) is 29.3 Å². The summed E-state index contributed by atoms with van der Waals surface area (Å²) in [7, 11) is 1.93. The minimum Gasteiger partial charge on any atom is -0.297 e. The lowest BCUT2D eigenvalue weighted by molar-refractivity contribution is 0.482. The van der Waals surface area contributed by atoms with Crippen LogP contribution in [0.4, 0.5) is 0 Å². The first kappa shape index (κ1) is 14.9. The molecule has 0 aliphatic carbocycles. The summed E-state index contributed by atoms with van der Waals surface area (Å²) in [4.78, 5) is 4.57. The van der Waals surface area contributed by atoms with Crippen molar-refractivity contribution in [1.29, 1.82) is 0 Å². The Morgan fingerprint density at radius 3 is 2.39 bits per heavy atom. The average molecular weight is 245 g/mol. The van der Waals surface area contributed by atoms with Gasteiger partial charge in [-0.3, -0.25) is 4.99 Å². The zero-order valence-electron chi connectivity index (χ0n) is 12.7. The van der Waals surface area contributed by atoms with Crippen LogP contribution in [0.25, 0.3) is 0 Å². The van der Waals surface area contributed by atoms with Crippen LogP contribution in [0.2, 0.25) is 0 Å². The quantitative estimate of drug-likeness (QED) is 0.668. The Morgan fingerprint density at radius 2 is 1.89 bits per heavy atom. The Labute approximate surface area is 112 Å². The molecule has 1 atom stereocenters. The standard InChI is InChI=1S/C17H27N/c1-7-13(2)16(18-6)17(4,5)12-15-11-9-8-10-14(15)3/h8-11,13H,7,12H2,1-6H3/t13-/m0/s1. The van der Waals surface area contributed by atoms with Gasteiger partial charge in [0.1, 0.15) is 0 Å². The summed E-state index contributed by atoms with van der Waals surface area (Å²) in [5.41, 5.74) is 4.29. The molecule has 0 saturated heterocycles. The molecule has 0 amide bonds. The minimum absolute atomic E-state index is 0.135. The highest BCUT2D eigenvalue weighted by Gasteiger charge is 2.28. The average Bonchev–Trinajstić information content (AvgIpc) is 2.32. The molecule has 0 aliphatic rings. The Hall–Kier alpha value is -1.11. The first-order chi connectivity index (χ1) is 8.42. The van der Waals surface area contributed by atoms with Gasteiger partial charge in [-0.15, -0.1) is 0 Å². The van der Waals surface area contributed by atoms with E-state index in [0.717, 1.165) is 12.8 Å². The van der Waals surface area contributed by atoms with E-state index in [9.17, 15) is 0 Å². The van der Waals surface area contributed by atoms with Crippen LogP contribution >= 0.6 is 0 Å². The van der Waals surface area contributed by atoms with Crippen LogP contribution in [0.5, 0.6) is 0 Å². The van der Waals surface area contributed by atoms with Crippen molar-refractivity contribution in [2.75, 3.05) is 7.05 Å². The lowest BCUT2D eigenvalue weighted by Gasteiger charge is -2.31. The van der Waals surface area contributed by atoms with E-state index in [1.807, 2.05) is 7.05 Å². The van der Waals surface area contributed by atoms with Crippen molar-refractivity contribution >= 4 is 5.71 Å². The number of nitrogens with zero attached hydrogens (tertiary/aromatic N) is 1. The fourth-order valence-electron chi connectivity index (χ4n) is 2.76. The molecule has 0 spiro atoms. The highest BCUT2D eigenvalue weighted by atomic mass is 14.7. The van der Waals surface area contributed by atoms with Gasteiger partial charge in [-0.2, -0.15) is 0 Å². The van der Waals surface area contributed by atoms with Gasteiger partial charge in [-0.1, -0.05) is 52.0 Å². The molecule has 0 N–H and O–H groups in total. The van der Waals surface area contributed by atoms with Crippen LogP contribution in [0, 0.1) is 18.3 Å². The van der Waals surface area contributed by atoms with Crippen molar-refractivity contribution in [3.8, 4) is 0 Å². The van der Waals surface area contributed by atoms with E-state index in [0.29, 0.717) is 5.92 Å². The molecule has 0 bridgehead atoms. The smallest absolute Gasteiger partial charge is 0.0276 e. The summed E-state index contributed by atoms with van der Waals surface area (Å²) in [5.74, 6) is 0.564. The number of aryl methyl sites for hydroxylation is 1. The van der Waals surface area contributed by atoms with E-state index < -0.39 is 0 Å². The molecule has 0 radical (unpaired) electrons. The first-order valence-electron chi connectivity index (χ1n) is 6.94. The Kier molecular flexibility index (Phi) is 5.13. The van der Waals surface area contributed by atoms with Crippen molar-refractivity contribution in [3.63, 3.8) is 0 Å². The maximum atomic E-state index is 4.57. The number of benzene rings is 1. The molecule has 0 fully saturated rings. The number of rotatable bonds is 5. The zero-order valence-corrected chi connectivity index (χ0v) is 12.7. The first-order valence-corrected chi connectivity index (χ1v) is 6.94. The number of hydrogen-bond acceptors (Lipinski definition) is 1. The summed E-state index contributed by atoms with van der Waals surface area (Å²) < 4.78 is 0. The van der Waals surface area contributed by atoms with E-state index >= 15 is 0 Å². The van der Waals surface area contributed by atoms with Gasteiger partial charge in [-0.25, -0.2) is 0 Å². The molecule has 0 heterocycles. The molecule has 1 heteroatoms. The van der Waals surface area contributed by atoms with Crippen LogP contribution < -0.4 is 0 Å². The van der Waals surface area contributed by atoms with E-state index in [4.69, 9.17) is 0 Å². The predicted molar refractivity (Wildman–Crippen MR) is 81.5 cm³/mol. The molecule has 100 valence electrons. The number of aliphatic imine (C=N–C) groups is 1. The van der Waals surface area contributed by atoms with E-state index in [1.165, 1.54) is 16.8 Å². The van der Waals surface area contributed by atoms with Crippen molar-refractivity contribution < 1.29 is 0 Å². The van der Waals surface area contributed by atoms with Gasteiger partial charge >= 0.3 is 0 Å². The van der Waals surface area contributed by atoms with E-state index in [1.54, 1.807) is 0 Å². The van der Waals surface area contributed by atoms with Gasteiger partial charge in [0.15, 0.2) is 0 Å². The predicted octanol–water partition coefficient (Wildman–Crippen LogP) is 4.68. The maximum Gasteiger partial charge on any atom is 0.0276 e. The van der Waals surface area contributed by atoms with Gasteiger partial charge in [0.05, 0.1) is 0 Å². The van der Waals surface area contributed by atoms with Gasteiger partial charge < -0.3 is 0 Å². The molecule has 1 aromatic carbocycles. The van der Waals surface area contributed by atoms with Crippen molar-refractivity contribution in [2.24, 2.45) is 16.3 Å². The molecule has 0 aromatic heterocycles. The Bertz CT molecular complexity index is 415. The van der Waals surface area contributed by atoms with Crippen LogP contribution in [-0.2, 0) is 6.42 Å². The van der Waals surface area contributed by atoms with Gasteiger partial charge in [0.25, 0.3) is 0 Å². The second kappa shape index (κ2) is 6.17. The topological polar surface area (TPSA) is 12.4 Å². The summed E-state index contributed by atoms with van der Waals surface area (Å²) in [5, 5.41) is 0. The molecule has 0 unspecified atom stereocenters. The lowest BCUT2D eigenvalue weighted by Crippen LogP contribution is -2.32. The second-order valence-corrected chi connectivity index (χ2v) is 5.91. The fraction of sp³-hybridized carbons (Fsp3) is 0.588. The summed E-state index contributed by atoms with van der Waals surface area (Å²) in [6.07, 6.45) is 2.22. The van der Waals surface area contributed by atoms with Gasteiger partial charge in [0.2, 0.25) is 0 Å². The third-order valence-corrected chi connectivity index (χ3v) is 3.91. The number of hydrogen-bond donors (Lipinski definition) is 0. The molecule has 18 heavy (non-hydrogen) atoms. The molecular weight excluding hydrogens is 218 g/mol. The van der Waals surface area contributed by atoms with Crippen LogP contribution in [0.3, 0.4) is 0 Å². The third-order valence-electron chi connectivity index (χ3n) is 3.91. The largest absolute Gasteiger partial charge is 0.297 e. The van der Waals surface area contributed by atoms with Crippen LogP contribution in [0.1, 0.15) is 45.2 Å². The molecule has 0 saturated carbocycles. The van der Waals surface area contributed by atoms with Crippen molar-refractivity contribution in [1.82, 2.24) is 0 Å². The Morgan fingerprint density at radius 1 is 1.28 bits per heavy atom. The minimum atomic E-state index is 0.135. The summed E-state index contributed by atoms with van der Waals surface area (Å²) in [6, 6.07) is 8.66. The molecular formula is C17H27N. The van der Waals surface area contributed by atoms with Gasteiger partial charge in [0, 0.05) is 18.2 Å². The monoisotopic (exact) mass is 245 g/mol. The van der Waals surface area contributed by atoms with E-state index in [2.05, 4.69) is 63.9 Å². The molecule has 1 nitrogen and oxygen atoms in total. The summed E-state index contributed by atoms with van der Waals surface area (Å²) >= 11 is 0. The third kappa shape index (κ3) is 3.44. The van der Waals surface area contributed by atoms with Crippen molar-refractivity contribution in [3.05, 3.63) is 35.4 Å². The zero-order chi connectivity index (χ0) is 13.8. The fourth-order valence-corrected chi connectivity index (χ4v) is 2.76. The maximum absolute atomic E-state index is 4.57.